The van der Waals surface area contributed by atoms with Crippen LogP contribution in [0.5, 0.6) is 0 Å². The molecule has 0 atom stereocenters. The van der Waals surface area contributed by atoms with Gasteiger partial charge in [0.1, 0.15) is 5.54 Å². The van der Waals surface area contributed by atoms with E-state index in [-0.39, 0.29) is 30.2 Å². The fraction of sp³-hybridized carbons (Fsp3) is 0.750. The molecule has 0 bridgehead atoms. The molecule has 160 valence electrons. The first-order chi connectivity index (χ1) is 13.4. The molecular weight excluding hydrogens is 374 g/mol. The SMILES string of the molecule is CC(C)(C)c1nc(C(C)(C)NC(=O)CCN2C(=O)NC3(CCCCC3)C2=O)no1. The molecule has 2 aliphatic rings. The van der Waals surface area contributed by atoms with Gasteiger partial charge in [0.2, 0.25) is 11.8 Å². The van der Waals surface area contributed by atoms with Crippen molar-refractivity contribution in [2.24, 2.45) is 0 Å². The molecule has 1 aromatic heterocycles. The molecular formula is C20H31N5O4. The molecule has 2 heterocycles. The van der Waals surface area contributed by atoms with Crippen LogP contribution in [0.25, 0.3) is 0 Å². The van der Waals surface area contributed by atoms with Gasteiger partial charge in [-0.25, -0.2) is 4.79 Å². The highest BCUT2D eigenvalue weighted by atomic mass is 16.5. The van der Waals surface area contributed by atoms with Gasteiger partial charge >= 0.3 is 6.03 Å². The van der Waals surface area contributed by atoms with Crippen molar-refractivity contribution in [3.8, 4) is 0 Å². The van der Waals surface area contributed by atoms with Gasteiger partial charge in [0.15, 0.2) is 5.82 Å². The third kappa shape index (κ3) is 4.28. The molecule has 1 saturated heterocycles. The average Bonchev–Trinajstić information content (AvgIpc) is 3.20. The Hall–Kier alpha value is -2.45. The lowest BCUT2D eigenvalue weighted by atomic mass is 9.82. The van der Waals surface area contributed by atoms with E-state index in [1.165, 1.54) is 4.90 Å². The van der Waals surface area contributed by atoms with Crippen molar-refractivity contribution in [2.75, 3.05) is 6.54 Å². The molecule has 1 saturated carbocycles. The maximum absolute atomic E-state index is 12.8. The van der Waals surface area contributed by atoms with Gasteiger partial charge in [0.25, 0.3) is 5.91 Å². The third-order valence-electron chi connectivity index (χ3n) is 5.59. The van der Waals surface area contributed by atoms with Crippen LogP contribution in [0.15, 0.2) is 4.52 Å². The van der Waals surface area contributed by atoms with Gasteiger partial charge in [0.05, 0.1) is 5.54 Å². The highest BCUT2D eigenvalue weighted by molar-refractivity contribution is 6.07. The molecule has 9 heteroatoms. The predicted octanol–water partition coefficient (Wildman–Crippen LogP) is 2.36. The number of carbonyl (C=O) groups excluding carboxylic acids is 3. The molecule has 1 aliphatic carbocycles. The van der Waals surface area contributed by atoms with Crippen molar-refractivity contribution in [1.82, 2.24) is 25.7 Å². The highest BCUT2D eigenvalue weighted by Crippen LogP contribution is 2.33. The van der Waals surface area contributed by atoms with E-state index >= 15 is 0 Å². The Bertz CT molecular complexity index is 802. The minimum atomic E-state index is -0.841. The molecule has 0 unspecified atom stereocenters. The molecule has 3 rings (SSSR count). The van der Waals surface area contributed by atoms with Gasteiger partial charge in [-0.2, -0.15) is 4.98 Å². The highest BCUT2D eigenvalue weighted by Gasteiger charge is 2.51. The number of rotatable bonds is 5. The summed E-state index contributed by atoms with van der Waals surface area (Å²) in [5, 5.41) is 9.72. The van der Waals surface area contributed by atoms with Crippen LogP contribution < -0.4 is 10.6 Å². The fourth-order valence-corrected chi connectivity index (χ4v) is 3.84. The van der Waals surface area contributed by atoms with E-state index in [9.17, 15) is 14.4 Å². The second-order valence-corrected chi connectivity index (χ2v) is 9.63. The summed E-state index contributed by atoms with van der Waals surface area (Å²) >= 11 is 0. The zero-order valence-corrected chi connectivity index (χ0v) is 17.9. The Morgan fingerprint density at radius 3 is 2.41 bits per heavy atom. The van der Waals surface area contributed by atoms with E-state index in [4.69, 9.17) is 4.52 Å². The second-order valence-electron chi connectivity index (χ2n) is 9.63. The number of carbonyl (C=O) groups is 3. The predicted molar refractivity (Wildman–Crippen MR) is 105 cm³/mol. The zero-order chi connectivity index (χ0) is 21.4. The van der Waals surface area contributed by atoms with Gasteiger partial charge < -0.3 is 15.2 Å². The molecule has 9 nitrogen and oxygen atoms in total. The number of nitrogens with one attached hydrogen (secondary N) is 2. The van der Waals surface area contributed by atoms with Gasteiger partial charge in [-0.3, -0.25) is 14.5 Å². The molecule has 0 aromatic carbocycles. The van der Waals surface area contributed by atoms with Crippen LogP contribution in [0.1, 0.15) is 84.9 Å². The molecule has 0 radical (unpaired) electrons. The number of aromatic nitrogens is 2. The summed E-state index contributed by atoms with van der Waals surface area (Å²) in [6.45, 7) is 9.51. The van der Waals surface area contributed by atoms with Gasteiger partial charge in [0, 0.05) is 18.4 Å². The molecule has 2 N–H and O–H groups in total. The van der Waals surface area contributed by atoms with Crippen molar-refractivity contribution >= 4 is 17.8 Å². The van der Waals surface area contributed by atoms with E-state index in [2.05, 4.69) is 20.8 Å². The normalized spacial score (nSPS) is 19.6. The van der Waals surface area contributed by atoms with E-state index in [1.54, 1.807) is 13.8 Å². The van der Waals surface area contributed by atoms with Crippen LogP contribution in [0.4, 0.5) is 4.79 Å². The fourth-order valence-electron chi connectivity index (χ4n) is 3.84. The van der Waals surface area contributed by atoms with E-state index in [0.29, 0.717) is 24.6 Å². The lowest BCUT2D eigenvalue weighted by Gasteiger charge is -2.30. The summed E-state index contributed by atoms with van der Waals surface area (Å²) < 4.78 is 5.31. The summed E-state index contributed by atoms with van der Waals surface area (Å²) in [6, 6.07) is -0.406. The van der Waals surface area contributed by atoms with Crippen LogP contribution in [0.2, 0.25) is 0 Å². The molecule has 1 aliphatic heterocycles. The molecule has 1 aromatic rings. The van der Waals surface area contributed by atoms with Gasteiger partial charge in [-0.05, 0) is 26.7 Å². The quantitative estimate of drug-likeness (QED) is 0.726. The standard InChI is InChI=1S/C20H31N5O4/c1-18(2,3)15-21-14(24-29-15)19(4,5)22-13(26)9-12-25-16(27)20(23-17(25)28)10-7-6-8-11-20/h6-12H2,1-5H3,(H,22,26)(H,23,28). The minimum Gasteiger partial charge on any atom is -0.344 e. The first-order valence-corrected chi connectivity index (χ1v) is 10.2. The van der Waals surface area contributed by atoms with Crippen LogP contribution in [-0.2, 0) is 20.5 Å². The zero-order valence-electron chi connectivity index (χ0n) is 17.9. The average molecular weight is 405 g/mol. The van der Waals surface area contributed by atoms with Gasteiger partial charge in [-0.15, -0.1) is 0 Å². The number of imide groups is 1. The number of nitrogens with zero attached hydrogens (tertiary/aromatic N) is 3. The first kappa shape index (κ1) is 21.3. The van der Waals surface area contributed by atoms with Crippen LogP contribution >= 0.6 is 0 Å². The Morgan fingerprint density at radius 2 is 1.83 bits per heavy atom. The summed E-state index contributed by atoms with van der Waals surface area (Å²) in [6.07, 6.45) is 4.28. The van der Waals surface area contributed by atoms with E-state index in [1.807, 2.05) is 20.8 Å². The number of hydrogen-bond donors (Lipinski definition) is 2. The Kier molecular flexibility index (Phi) is 5.44. The van der Waals surface area contributed by atoms with Crippen molar-refractivity contribution < 1.29 is 18.9 Å². The van der Waals surface area contributed by atoms with Crippen LogP contribution in [0.3, 0.4) is 0 Å². The molecule has 2 fully saturated rings. The van der Waals surface area contributed by atoms with E-state index < -0.39 is 17.1 Å². The van der Waals surface area contributed by atoms with Crippen molar-refractivity contribution in [2.45, 2.75) is 89.6 Å². The maximum Gasteiger partial charge on any atom is 0.325 e. The summed E-state index contributed by atoms with van der Waals surface area (Å²) in [5.41, 5.74) is -1.89. The topological polar surface area (TPSA) is 117 Å². The summed E-state index contributed by atoms with van der Waals surface area (Å²) in [4.78, 5) is 43.2. The minimum absolute atomic E-state index is 0.0165. The number of hydrogen-bond acceptors (Lipinski definition) is 6. The Morgan fingerprint density at radius 1 is 1.17 bits per heavy atom. The van der Waals surface area contributed by atoms with Crippen LogP contribution in [-0.4, -0.2) is 45.0 Å². The number of urea groups is 1. The molecule has 29 heavy (non-hydrogen) atoms. The monoisotopic (exact) mass is 405 g/mol. The summed E-state index contributed by atoms with van der Waals surface area (Å²) in [7, 11) is 0. The van der Waals surface area contributed by atoms with Gasteiger partial charge in [-0.1, -0.05) is 45.2 Å². The van der Waals surface area contributed by atoms with Crippen LogP contribution in [0, 0.1) is 0 Å². The lowest BCUT2D eigenvalue weighted by Crippen LogP contribution is -2.48. The third-order valence-corrected chi connectivity index (χ3v) is 5.59. The maximum atomic E-state index is 12.8. The molecule has 4 amide bonds. The Labute approximate surface area is 171 Å². The number of amides is 4. The summed E-state index contributed by atoms with van der Waals surface area (Å²) in [5.74, 6) is 0.378. The first-order valence-electron chi connectivity index (χ1n) is 10.2. The molecule has 1 spiro atoms. The van der Waals surface area contributed by atoms with E-state index in [0.717, 1.165) is 19.3 Å². The second kappa shape index (κ2) is 7.42. The largest absolute Gasteiger partial charge is 0.344 e. The van der Waals surface area contributed by atoms with Crippen molar-refractivity contribution in [1.29, 1.82) is 0 Å². The Balaban J connectivity index is 1.58. The van der Waals surface area contributed by atoms with Crippen molar-refractivity contribution in [3.05, 3.63) is 11.7 Å². The smallest absolute Gasteiger partial charge is 0.325 e. The van der Waals surface area contributed by atoms with Crippen molar-refractivity contribution in [3.63, 3.8) is 0 Å². The lowest BCUT2D eigenvalue weighted by molar-refractivity contribution is -0.132.